The van der Waals surface area contributed by atoms with Crippen molar-refractivity contribution in [1.82, 2.24) is 4.90 Å². The van der Waals surface area contributed by atoms with Gasteiger partial charge in [-0.15, -0.1) is 11.6 Å². The molecule has 4 heteroatoms. The molecule has 0 aromatic heterocycles. The van der Waals surface area contributed by atoms with E-state index in [9.17, 15) is 0 Å². The lowest BCUT2D eigenvalue weighted by molar-refractivity contribution is 0.249. The molecule has 2 saturated heterocycles. The lowest BCUT2D eigenvalue weighted by atomic mass is 9.96. The monoisotopic (exact) mass is 370 g/mol. The Kier molecular flexibility index (Phi) is 5.47. The molecule has 1 aromatic rings. The molecule has 2 aliphatic rings. The van der Waals surface area contributed by atoms with E-state index >= 15 is 0 Å². The van der Waals surface area contributed by atoms with Crippen molar-refractivity contribution in [1.29, 1.82) is 0 Å². The van der Waals surface area contributed by atoms with Gasteiger partial charge in [-0.1, -0.05) is 22.0 Å². The van der Waals surface area contributed by atoms with Gasteiger partial charge in [-0.2, -0.15) is 0 Å². The molecule has 3 rings (SSSR count). The van der Waals surface area contributed by atoms with Gasteiger partial charge in [-0.25, -0.2) is 0 Å². The summed E-state index contributed by atoms with van der Waals surface area (Å²) < 4.78 is 1.13. The molecular weight excluding hydrogens is 348 g/mol. The molecule has 2 aliphatic heterocycles. The van der Waals surface area contributed by atoms with Crippen molar-refractivity contribution in [3.63, 3.8) is 0 Å². The molecule has 0 saturated carbocycles. The highest BCUT2D eigenvalue weighted by Crippen LogP contribution is 2.29. The summed E-state index contributed by atoms with van der Waals surface area (Å²) >= 11 is 9.55. The van der Waals surface area contributed by atoms with Crippen LogP contribution in [0.15, 0.2) is 22.7 Å². The minimum absolute atomic E-state index is 0.568. The molecule has 0 unspecified atom stereocenters. The number of benzene rings is 1. The van der Waals surface area contributed by atoms with Gasteiger partial charge in [0, 0.05) is 35.7 Å². The summed E-state index contributed by atoms with van der Waals surface area (Å²) in [6.45, 7) is 6.35. The number of anilines is 1. The van der Waals surface area contributed by atoms with E-state index in [2.05, 4.69) is 43.9 Å². The minimum atomic E-state index is 0.568. The van der Waals surface area contributed by atoms with Crippen molar-refractivity contribution >= 4 is 33.2 Å². The topological polar surface area (TPSA) is 6.48 Å². The number of alkyl halides is 1. The normalized spacial score (nSPS) is 21.1. The van der Waals surface area contributed by atoms with Crippen LogP contribution in [0.5, 0.6) is 0 Å². The summed E-state index contributed by atoms with van der Waals surface area (Å²) in [4.78, 5) is 5.18. The Labute approximate surface area is 141 Å². The number of rotatable bonds is 4. The average Bonchev–Trinajstić information content (AvgIpc) is 3.01. The number of likely N-dealkylation sites (tertiary alicyclic amines) is 1. The highest BCUT2D eigenvalue weighted by Gasteiger charge is 2.23. The molecule has 0 bridgehead atoms. The van der Waals surface area contributed by atoms with Gasteiger partial charge in [-0.3, -0.25) is 0 Å². The molecule has 2 fully saturated rings. The van der Waals surface area contributed by atoms with Gasteiger partial charge < -0.3 is 9.80 Å². The Morgan fingerprint density at radius 1 is 1.10 bits per heavy atom. The van der Waals surface area contributed by atoms with Crippen LogP contribution >= 0.6 is 27.5 Å². The summed E-state index contributed by atoms with van der Waals surface area (Å²) in [7, 11) is 0. The van der Waals surface area contributed by atoms with Gasteiger partial charge in [0.05, 0.1) is 0 Å². The molecule has 0 spiro atoms. The maximum atomic E-state index is 5.92. The van der Waals surface area contributed by atoms with Gasteiger partial charge in [0.2, 0.25) is 0 Å². The first-order chi connectivity index (χ1) is 10.3. The fraction of sp³-hybridized carbons (Fsp3) is 0.647. The Bertz CT molecular complexity index is 466. The third-order valence-corrected chi connectivity index (χ3v) is 5.90. The predicted octanol–water partition coefficient (Wildman–Crippen LogP) is 4.50. The summed E-state index contributed by atoms with van der Waals surface area (Å²) in [5.74, 6) is 1.46. The van der Waals surface area contributed by atoms with Gasteiger partial charge in [0.1, 0.15) is 0 Å². The van der Waals surface area contributed by atoms with Crippen LogP contribution in [-0.4, -0.2) is 37.6 Å². The van der Waals surface area contributed by atoms with E-state index in [1.54, 1.807) is 0 Å². The van der Waals surface area contributed by atoms with Crippen LogP contribution < -0.4 is 4.90 Å². The molecule has 0 amide bonds. The highest BCUT2D eigenvalue weighted by atomic mass is 79.9. The molecular formula is C17H24BrClN2. The van der Waals surface area contributed by atoms with Gasteiger partial charge in [0.25, 0.3) is 0 Å². The summed E-state index contributed by atoms with van der Waals surface area (Å²) in [6, 6.07) is 6.57. The maximum absolute atomic E-state index is 5.92. The van der Waals surface area contributed by atoms with Crippen molar-refractivity contribution in [3.05, 3.63) is 28.2 Å². The third-order valence-electron chi connectivity index (χ3n) is 4.88. The zero-order valence-corrected chi connectivity index (χ0v) is 14.9. The first-order valence-corrected chi connectivity index (χ1v) is 9.40. The quantitative estimate of drug-likeness (QED) is 0.719. The second-order valence-electron chi connectivity index (χ2n) is 6.35. The molecule has 0 radical (unpaired) electrons. The summed E-state index contributed by atoms with van der Waals surface area (Å²) in [6.07, 6.45) is 5.45. The van der Waals surface area contributed by atoms with E-state index in [1.165, 1.54) is 69.7 Å². The van der Waals surface area contributed by atoms with Crippen molar-refractivity contribution in [2.24, 2.45) is 5.92 Å². The molecule has 0 aliphatic carbocycles. The standard InChI is InChI=1S/C17H24BrClN2/c18-17-11-16(4-3-15(17)12-19)21-9-5-14(6-10-21)13-20-7-1-2-8-20/h3-4,11,14H,1-2,5-10,12-13H2. The number of halogens is 2. The van der Waals surface area contributed by atoms with Crippen LogP contribution in [0.3, 0.4) is 0 Å². The summed E-state index contributed by atoms with van der Waals surface area (Å²) in [5, 5.41) is 0. The molecule has 2 nitrogen and oxygen atoms in total. The Hall–Kier alpha value is -0.250. The van der Waals surface area contributed by atoms with E-state index in [1.807, 2.05) is 0 Å². The van der Waals surface area contributed by atoms with E-state index in [4.69, 9.17) is 11.6 Å². The molecule has 0 N–H and O–H groups in total. The number of piperidine rings is 1. The zero-order chi connectivity index (χ0) is 14.7. The number of hydrogen-bond donors (Lipinski definition) is 0. The van der Waals surface area contributed by atoms with Gasteiger partial charge in [0.15, 0.2) is 0 Å². The smallest absolute Gasteiger partial charge is 0.0485 e. The fourth-order valence-electron chi connectivity index (χ4n) is 3.55. The van der Waals surface area contributed by atoms with Crippen LogP contribution in [-0.2, 0) is 5.88 Å². The minimum Gasteiger partial charge on any atom is -0.371 e. The van der Waals surface area contributed by atoms with E-state index in [0.717, 1.165) is 10.4 Å². The van der Waals surface area contributed by atoms with Crippen LogP contribution in [0, 0.1) is 5.92 Å². The SMILES string of the molecule is ClCc1ccc(N2CCC(CN3CCCC3)CC2)cc1Br. The Morgan fingerprint density at radius 3 is 2.43 bits per heavy atom. The van der Waals surface area contributed by atoms with Gasteiger partial charge in [-0.05, 0) is 62.4 Å². The molecule has 0 atom stereocenters. The molecule has 21 heavy (non-hydrogen) atoms. The average molecular weight is 372 g/mol. The largest absolute Gasteiger partial charge is 0.371 e. The molecule has 1 aromatic carbocycles. The van der Waals surface area contributed by atoms with Crippen LogP contribution in [0.25, 0.3) is 0 Å². The number of nitrogens with zero attached hydrogens (tertiary/aromatic N) is 2. The van der Waals surface area contributed by atoms with Crippen molar-refractivity contribution in [3.8, 4) is 0 Å². The van der Waals surface area contributed by atoms with E-state index < -0.39 is 0 Å². The van der Waals surface area contributed by atoms with Crippen LogP contribution in [0.1, 0.15) is 31.2 Å². The fourth-order valence-corrected chi connectivity index (χ4v) is 4.45. The zero-order valence-electron chi connectivity index (χ0n) is 12.5. The Balaban J connectivity index is 1.54. The number of hydrogen-bond acceptors (Lipinski definition) is 2. The first kappa shape index (κ1) is 15.6. The molecule has 116 valence electrons. The van der Waals surface area contributed by atoms with Crippen molar-refractivity contribution in [2.45, 2.75) is 31.6 Å². The lowest BCUT2D eigenvalue weighted by Gasteiger charge is -2.35. The lowest BCUT2D eigenvalue weighted by Crippen LogP contribution is -2.38. The van der Waals surface area contributed by atoms with Crippen molar-refractivity contribution < 1.29 is 0 Å². The highest BCUT2D eigenvalue weighted by molar-refractivity contribution is 9.10. The van der Waals surface area contributed by atoms with Crippen LogP contribution in [0.4, 0.5) is 5.69 Å². The maximum Gasteiger partial charge on any atom is 0.0485 e. The third kappa shape index (κ3) is 3.94. The predicted molar refractivity (Wildman–Crippen MR) is 94.3 cm³/mol. The van der Waals surface area contributed by atoms with Crippen LogP contribution in [0.2, 0.25) is 0 Å². The second-order valence-corrected chi connectivity index (χ2v) is 7.47. The molecule has 2 heterocycles. The van der Waals surface area contributed by atoms with E-state index in [0.29, 0.717) is 5.88 Å². The second kappa shape index (κ2) is 7.34. The summed E-state index contributed by atoms with van der Waals surface area (Å²) in [5.41, 5.74) is 2.50. The van der Waals surface area contributed by atoms with Crippen molar-refractivity contribution in [2.75, 3.05) is 37.6 Å². The van der Waals surface area contributed by atoms with E-state index in [-0.39, 0.29) is 0 Å². The van der Waals surface area contributed by atoms with Gasteiger partial charge >= 0.3 is 0 Å². The Morgan fingerprint density at radius 2 is 1.81 bits per heavy atom. The first-order valence-electron chi connectivity index (χ1n) is 8.08.